The standard InChI is InChI=1S/C18H26N4OS/c1-4-5-17-20-18(23-21-17)14(3)19-16-7-6-15(12-13(16)2)22-8-10-24-11-9-22/h6-7,12,14,19H,4-5,8-11H2,1-3H3/t14-/m0/s1. The van der Waals surface area contributed by atoms with E-state index in [0.29, 0.717) is 5.89 Å². The minimum Gasteiger partial charge on any atom is -0.374 e. The Hall–Kier alpha value is -1.69. The topological polar surface area (TPSA) is 54.2 Å². The van der Waals surface area contributed by atoms with Crippen molar-refractivity contribution in [1.29, 1.82) is 0 Å². The maximum atomic E-state index is 5.38. The fourth-order valence-corrected chi connectivity index (χ4v) is 3.79. The van der Waals surface area contributed by atoms with E-state index < -0.39 is 0 Å². The molecule has 0 radical (unpaired) electrons. The van der Waals surface area contributed by atoms with Gasteiger partial charge in [0.15, 0.2) is 5.82 Å². The Kier molecular flexibility index (Phi) is 5.66. The first kappa shape index (κ1) is 17.1. The van der Waals surface area contributed by atoms with Crippen molar-refractivity contribution in [2.75, 3.05) is 34.8 Å². The molecule has 0 spiro atoms. The average Bonchev–Trinajstić information content (AvgIpc) is 3.06. The van der Waals surface area contributed by atoms with Crippen LogP contribution in [-0.2, 0) is 6.42 Å². The number of aryl methyl sites for hydroxylation is 2. The second kappa shape index (κ2) is 7.92. The molecule has 2 aromatic rings. The van der Waals surface area contributed by atoms with E-state index >= 15 is 0 Å². The van der Waals surface area contributed by atoms with Crippen molar-refractivity contribution in [3.8, 4) is 0 Å². The van der Waals surface area contributed by atoms with Crippen molar-refractivity contribution >= 4 is 23.1 Å². The summed E-state index contributed by atoms with van der Waals surface area (Å²) in [5.74, 6) is 3.87. The quantitative estimate of drug-likeness (QED) is 0.851. The number of hydrogen-bond donors (Lipinski definition) is 1. The predicted molar refractivity (Wildman–Crippen MR) is 101 cm³/mol. The lowest BCUT2D eigenvalue weighted by Crippen LogP contribution is -2.32. The van der Waals surface area contributed by atoms with Gasteiger partial charge in [-0.3, -0.25) is 0 Å². The van der Waals surface area contributed by atoms with Crippen LogP contribution in [0.15, 0.2) is 22.7 Å². The molecule has 1 aromatic carbocycles. The highest BCUT2D eigenvalue weighted by molar-refractivity contribution is 7.99. The lowest BCUT2D eigenvalue weighted by Gasteiger charge is -2.29. The summed E-state index contributed by atoms with van der Waals surface area (Å²) in [6.45, 7) is 8.58. The van der Waals surface area contributed by atoms with Gasteiger partial charge in [-0.15, -0.1) is 0 Å². The first-order valence-electron chi connectivity index (χ1n) is 8.69. The molecule has 2 heterocycles. The fraction of sp³-hybridized carbons (Fsp3) is 0.556. The monoisotopic (exact) mass is 346 g/mol. The van der Waals surface area contributed by atoms with Crippen molar-refractivity contribution in [3.63, 3.8) is 0 Å². The minimum atomic E-state index is -0.000886. The van der Waals surface area contributed by atoms with Gasteiger partial charge in [0.2, 0.25) is 5.89 Å². The van der Waals surface area contributed by atoms with E-state index in [9.17, 15) is 0 Å². The van der Waals surface area contributed by atoms with Crippen LogP contribution in [0.5, 0.6) is 0 Å². The molecule has 0 aliphatic carbocycles. The fourth-order valence-electron chi connectivity index (χ4n) is 2.89. The molecular formula is C18H26N4OS. The number of rotatable bonds is 6. The highest BCUT2D eigenvalue weighted by Gasteiger charge is 2.16. The molecule has 0 saturated carbocycles. The Bertz CT molecular complexity index is 667. The van der Waals surface area contributed by atoms with Gasteiger partial charge in [0.25, 0.3) is 0 Å². The van der Waals surface area contributed by atoms with Crippen LogP contribution in [0.25, 0.3) is 0 Å². The maximum Gasteiger partial charge on any atom is 0.248 e. The van der Waals surface area contributed by atoms with E-state index in [-0.39, 0.29) is 6.04 Å². The van der Waals surface area contributed by atoms with Crippen molar-refractivity contribution < 1.29 is 4.52 Å². The summed E-state index contributed by atoms with van der Waals surface area (Å²) in [5, 5.41) is 7.52. The van der Waals surface area contributed by atoms with Crippen LogP contribution in [0.4, 0.5) is 11.4 Å². The van der Waals surface area contributed by atoms with Gasteiger partial charge in [0.1, 0.15) is 6.04 Å². The van der Waals surface area contributed by atoms with Crippen LogP contribution in [0.1, 0.15) is 43.6 Å². The van der Waals surface area contributed by atoms with Gasteiger partial charge in [0, 0.05) is 42.4 Å². The molecule has 0 bridgehead atoms. The van der Waals surface area contributed by atoms with E-state index in [4.69, 9.17) is 4.52 Å². The highest BCUT2D eigenvalue weighted by Crippen LogP contribution is 2.27. The molecule has 1 aromatic heterocycles. The van der Waals surface area contributed by atoms with E-state index in [1.165, 1.54) is 22.8 Å². The molecule has 1 aliphatic heterocycles. The summed E-state index contributed by atoms with van der Waals surface area (Å²) in [6, 6.07) is 6.63. The van der Waals surface area contributed by atoms with Crippen LogP contribution in [0, 0.1) is 6.92 Å². The first-order chi connectivity index (χ1) is 11.7. The third-order valence-electron chi connectivity index (χ3n) is 4.29. The minimum absolute atomic E-state index is 0.000886. The van der Waals surface area contributed by atoms with Gasteiger partial charge in [-0.1, -0.05) is 12.1 Å². The molecule has 1 atom stereocenters. The Balaban J connectivity index is 1.67. The molecule has 1 N–H and O–H groups in total. The second-order valence-electron chi connectivity index (χ2n) is 6.26. The molecule has 24 heavy (non-hydrogen) atoms. The molecule has 1 saturated heterocycles. The Morgan fingerprint density at radius 3 is 2.83 bits per heavy atom. The normalized spacial score (nSPS) is 16.2. The van der Waals surface area contributed by atoms with Crippen molar-refractivity contribution in [2.45, 2.75) is 39.7 Å². The van der Waals surface area contributed by atoms with E-state index in [1.54, 1.807) is 0 Å². The van der Waals surface area contributed by atoms with Gasteiger partial charge in [-0.05, 0) is 44.0 Å². The third-order valence-corrected chi connectivity index (χ3v) is 5.23. The molecule has 0 unspecified atom stereocenters. The van der Waals surface area contributed by atoms with E-state index in [2.05, 4.69) is 59.3 Å². The SMILES string of the molecule is CCCc1noc([C@H](C)Nc2ccc(N3CCSCC3)cc2C)n1. The summed E-state index contributed by atoms with van der Waals surface area (Å²) in [6.07, 6.45) is 1.88. The molecule has 1 fully saturated rings. The average molecular weight is 347 g/mol. The second-order valence-corrected chi connectivity index (χ2v) is 7.49. The number of nitrogens with zero attached hydrogens (tertiary/aromatic N) is 3. The van der Waals surface area contributed by atoms with Crippen molar-refractivity contribution in [3.05, 3.63) is 35.5 Å². The van der Waals surface area contributed by atoms with E-state index in [0.717, 1.165) is 37.4 Å². The predicted octanol–water partition coefficient (Wildman–Crippen LogP) is 4.06. The van der Waals surface area contributed by atoms with Gasteiger partial charge in [0.05, 0.1) is 0 Å². The van der Waals surface area contributed by atoms with Crippen LogP contribution in [-0.4, -0.2) is 34.7 Å². The molecule has 5 nitrogen and oxygen atoms in total. The van der Waals surface area contributed by atoms with Gasteiger partial charge in [-0.2, -0.15) is 16.7 Å². The number of thioether (sulfide) groups is 1. The molecule has 6 heteroatoms. The molecular weight excluding hydrogens is 320 g/mol. The zero-order valence-electron chi connectivity index (χ0n) is 14.7. The van der Waals surface area contributed by atoms with E-state index in [1.807, 2.05) is 11.8 Å². The Labute approximate surface area is 148 Å². The third kappa shape index (κ3) is 4.04. The molecule has 1 aliphatic rings. The Morgan fingerprint density at radius 2 is 2.12 bits per heavy atom. The van der Waals surface area contributed by atoms with Crippen LogP contribution in [0.2, 0.25) is 0 Å². The van der Waals surface area contributed by atoms with Gasteiger partial charge < -0.3 is 14.7 Å². The summed E-state index contributed by atoms with van der Waals surface area (Å²) >= 11 is 2.03. The van der Waals surface area contributed by atoms with Gasteiger partial charge >= 0.3 is 0 Å². The summed E-state index contributed by atoms with van der Waals surface area (Å²) in [4.78, 5) is 6.93. The maximum absolute atomic E-state index is 5.38. The summed E-state index contributed by atoms with van der Waals surface area (Å²) < 4.78 is 5.38. The Morgan fingerprint density at radius 1 is 1.33 bits per heavy atom. The number of hydrogen-bond acceptors (Lipinski definition) is 6. The smallest absolute Gasteiger partial charge is 0.248 e. The number of aromatic nitrogens is 2. The molecule has 130 valence electrons. The van der Waals surface area contributed by atoms with Crippen LogP contribution in [0.3, 0.4) is 0 Å². The molecule has 0 amide bonds. The zero-order chi connectivity index (χ0) is 16.9. The number of benzene rings is 1. The largest absolute Gasteiger partial charge is 0.374 e. The number of nitrogens with one attached hydrogen (secondary N) is 1. The lowest BCUT2D eigenvalue weighted by molar-refractivity contribution is 0.362. The molecule has 3 rings (SSSR count). The highest BCUT2D eigenvalue weighted by atomic mass is 32.2. The lowest BCUT2D eigenvalue weighted by atomic mass is 10.1. The van der Waals surface area contributed by atoms with Crippen molar-refractivity contribution in [2.24, 2.45) is 0 Å². The van der Waals surface area contributed by atoms with Crippen LogP contribution >= 0.6 is 11.8 Å². The van der Waals surface area contributed by atoms with Gasteiger partial charge in [-0.25, -0.2) is 0 Å². The summed E-state index contributed by atoms with van der Waals surface area (Å²) in [7, 11) is 0. The number of anilines is 2. The first-order valence-corrected chi connectivity index (χ1v) is 9.85. The summed E-state index contributed by atoms with van der Waals surface area (Å²) in [5.41, 5.74) is 3.67. The zero-order valence-corrected chi connectivity index (χ0v) is 15.5. The van der Waals surface area contributed by atoms with Crippen molar-refractivity contribution in [1.82, 2.24) is 10.1 Å². The van der Waals surface area contributed by atoms with Crippen LogP contribution < -0.4 is 10.2 Å².